The molecule has 0 aliphatic carbocycles. The van der Waals surface area contributed by atoms with Gasteiger partial charge in [0.1, 0.15) is 0 Å². The van der Waals surface area contributed by atoms with E-state index >= 15 is 0 Å². The summed E-state index contributed by atoms with van der Waals surface area (Å²) in [5.41, 5.74) is 21.0. The molecule has 0 spiro atoms. The highest BCUT2D eigenvalue weighted by Gasteiger charge is 2.28. The van der Waals surface area contributed by atoms with Crippen LogP contribution in [0.3, 0.4) is 0 Å². The summed E-state index contributed by atoms with van der Waals surface area (Å²) in [5, 5.41) is 25.3. The van der Waals surface area contributed by atoms with Gasteiger partial charge in [0.2, 0.25) is 0 Å². The Labute approximate surface area is 744 Å². The van der Waals surface area contributed by atoms with Crippen molar-refractivity contribution in [2.45, 2.75) is 13.8 Å². The Hall–Kier alpha value is -15.0. The Bertz CT molecular complexity index is 8270. The zero-order valence-corrected chi connectivity index (χ0v) is 72.1. The van der Waals surface area contributed by atoms with E-state index in [1.807, 2.05) is 45.3 Å². The first kappa shape index (κ1) is 73.7. The van der Waals surface area contributed by atoms with E-state index in [0.717, 1.165) is 56.9 Å². The van der Waals surface area contributed by atoms with Crippen LogP contribution in [0.25, 0.3) is 168 Å². The van der Waals surface area contributed by atoms with Crippen LogP contribution in [0.4, 0.5) is 68.2 Å². The third kappa shape index (κ3) is 12.3. The molecule has 8 heteroatoms. The van der Waals surface area contributed by atoms with Crippen molar-refractivity contribution in [1.29, 1.82) is 0 Å². The molecule has 0 amide bonds. The molecule has 0 bridgehead atoms. The molecule has 126 heavy (non-hydrogen) atoms. The molecule has 0 N–H and O–H groups in total. The number of hydrogen-bond donors (Lipinski definition) is 0. The molecule has 26 aromatic rings. The van der Waals surface area contributed by atoms with Crippen molar-refractivity contribution in [2.75, 3.05) is 19.6 Å². The second-order valence-electron chi connectivity index (χ2n) is 33.1. The van der Waals surface area contributed by atoms with Gasteiger partial charge >= 0.3 is 0 Å². The van der Waals surface area contributed by atoms with Crippen molar-refractivity contribution in [3.8, 4) is 22.3 Å². The summed E-state index contributed by atoms with van der Waals surface area (Å²) in [6.45, 7) is 4.36. The lowest BCUT2D eigenvalue weighted by Crippen LogP contribution is -2.11. The second-order valence-corrected chi connectivity index (χ2v) is 37.5. The minimum absolute atomic E-state index is 1.11. The van der Waals surface area contributed by atoms with Crippen LogP contribution < -0.4 is 19.6 Å². The van der Waals surface area contributed by atoms with Gasteiger partial charge in [0.05, 0.1) is 22.7 Å². The van der Waals surface area contributed by atoms with Crippen LogP contribution in [0, 0.1) is 13.8 Å². The summed E-state index contributed by atoms with van der Waals surface area (Å²) in [5.74, 6) is 0. The van der Waals surface area contributed by atoms with Gasteiger partial charge < -0.3 is 19.6 Å². The van der Waals surface area contributed by atoms with Crippen LogP contribution in [0.2, 0.25) is 0 Å². The molecule has 26 rings (SSSR count). The molecule has 0 radical (unpaired) electrons. The zero-order chi connectivity index (χ0) is 83.2. The SMILES string of the molecule is Cc1cccc(N(c2ccc3sc4ccccc4c3c2)c2ccc3ccc4c(N(c5cccc(C)c5)c5ccc6sc7ccccc7c6c5)ccc5ccc2c3c54)c1.c1ccc(-c2ccc(N(c3ccc4sc5ccccc5c4c3)c3ccc4ccc5c(N(c6ccc(-c7ccccc7)cc6)c6ccc7sc8ccccc8c7c6)ccc6ccc3c4c65)cc2)cc1. The van der Waals surface area contributed by atoms with Crippen molar-refractivity contribution < 1.29 is 0 Å². The normalized spacial score (nSPS) is 11.9. The zero-order valence-electron chi connectivity index (χ0n) is 68.8. The number of hydrogen-bond acceptors (Lipinski definition) is 8. The van der Waals surface area contributed by atoms with E-state index in [0.29, 0.717) is 0 Å². The van der Waals surface area contributed by atoms with Gasteiger partial charge in [0.15, 0.2) is 0 Å². The first-order chi connectivity index (χ1) is 62.2. The Morgan fingerprint density at radius 2 is 0.381 bits per heavy atom. The van der Waals surface area contributed by atoms with E-state index in [9.17, 15) is 0 Å². The largest absolute Gasteiger partial charge is 0.310 e. The fraction of sp³-hybridized carbons (Fsp3) is 0.0169. The maximum Gasteiger partial charge on any atom is 0.0540 e. The molecule has 0 atom stereocenters. The third-order valence-corrected chi connectivity index (χ3v) is 30.3. The van der Waals surface area contributed by atoms with Crippen molar-refractivity contribution in [3.63, 3.8) is 0 Å². The van der Waals surface area contributed by atoms with Crippen LogP contribution in [0.1, 0.15) is 11.1 Å². The number of fused-ring (bicyclic) bond motifs is 12. The Morgan fingerprint density at radius 3 is 0.667 bits per heavy atom. The van der Waals surface area contributed by atoms with Gasteiger partial charge in [0, 0.05) is 148 Å². The van der Waals surface area contributed by atoms with E-state index < -0.39 is 0 Å². The highest BCUT2D eigenvalue weighted by molar-refractivity contribution is 7.27. The van der Waals surface area contributed by atoms with Crippen LogP contribution in [0.5, 0.6) is 0 Å². The smallest absolute Gasteiger partial charge is 0.0540 e. The topological polar surface area (TPSA) is 13.0 Å². The van der Waals surface area contributed by atoms with Crippen molar-refractivity contribution in [2.24, 2.45) is 0 Å². The molecule has 0 aliphatic rings. The summed E-state index contributed by atoms with van der Waals surface area (Å²) in [6.07, 6.45) is 0. The van der Waals surface area contributed by atoms with Crippen molar-refractivity contribution >= 4 is 259 Å². The molecular formula is C118H76N4S4. The molecule has 4 nitrogen and oxygen atoms in total. The minimum atomic E-state index is 1.11. The molecule has 4 aromatic heterocycles. The quantitative estimate of drug-likeness (QED) is 0.101. The lowest BCUT2D eigenvalue weighted by molar-refractivity contribution is 1.29. The molecule has 592 valence electrons. The lowest BCUT2D eigenvalue weighted by atomic mass is 9.91. The van der Waals surface area contributed by atoms with E-state index in [1.54, 1.807) is 0 Å². The van der Waals surface area contributed by atoms with Gasteiger partial charge in [0.25, 0.3) is 0 Å². The number of aryl methyl sites for hydroxylation is 2. The number of benzene rings is 22. The summed E-state index contributed by atoms with van der Waals surface area (Å²) in [7, 11) is 0. The Kier molecular flexibility index (Phi) is 17.5. The third-order valence-electron chi connectivity index (χ3n) is 25.7. The molecule has 0 fully saturated rings. The Morgan fingerprint density at radius 1 is 0.151 bits per heavy atom. The first-order valence-electron chi connectivity index (χ1n) is 43.0. The van der Waals surface area contributed by atoms with E-state index in [-0.39, 0.29) is 0 Å². The summed E-state index contributed by atoms with van der Waals surface area (Å²) < 4.78 is 10.5. The fourth-order valence-corrected chi connectivity index (χ4v) is 24.2. The van der Waals surface area contributed by atoms with Gasteiger partial charge in [-0.25, -0.2) is 0 Å². The predicted molar refractivity (Wildman–Crippen MR) is 551 cm³/mol. The van der Waals surface area contributed by atoms with E-state index in [4.69, 9.17) is 0 Å². The van der Waals surface area contributed by atoms with Gasteiger partial charge in [-0.05, 0) is 260 Å². The molecule has 4 heterocycles. The lowest BCUT2D eigenvalue weighted by Gasteiger charge is -2.29. The highest BCUT2D eigenvalue weighted by atomic mass is 32.1. The average molecular weight is 1680 g/mol. The summed E-state index contributed by atoms with van der Waals surface area (Å²) in [4.78, 5) is 9.86. The van der Waals surface area contributed by atoms with Gasteiger partial charge in [-0.3, -0.25) is 0 Å². The highest BCUT2D eigenvalue weighted by Crippen LogP contribution is 2.54. The van der Waals surface area contributed by atoms with Crippen molar-refractivity contribution in [3.05, 3.63) is 436 Å². The fourth-order valence-electron chi connectivity index (χ4n) is 19.8. The molecular weight excluding hydrogens is 1600 g/mol. The standard InChI is InChI=1S/C64H40N2S2.C54H36N2S2/c1-3-11-41(12-4-1)43-19-27-47(28-20-43)65(49-31-37-61-55(39-49)51-15-7-9-17-59(51)67-61)57-35-25-45-24-34-54-58(36-26-46-23-33-53(57)63(45)64(46)54)66(48-29-21-44(22-30-48)42-13-5-2-6-14-42)50-32-38-62-56(40-50)52-16-8-10-18-60(52)68-62;1-33-9-7-11-37(29-33)55(39-21-27-51-45(31-39)41-13-3-5-15-49(41)57-51)47-25-19-35-18-24-44-48(26-20-36-17-23-43(47)53(35)54(36)44)56(38-12-8-10-34(2)30-38)40-22-28-52-46(32-40)42-14-4-6-16-50(42)58-52/h1-40H;3-32H,1-2H3. The van der Waals surface area contributed by atoms with Crippen molar-refractivity contribution in [1.82, 2.24) is 0 Å². The van der Waals surface area contributed by atoms with Gasteiger partial charge in [-0.1, -0.05) is 255 Å². The maximum absolute atomic E-state index is 2.47. The van der Waals surface area contributed by atoms with Gasteiger partial charge in [-0.15, -0.1) is 45.3 Å². The minimum Gasteiger partial charge on any atom is -0.310 e. The summed E-state index contributed by atoms with van der Waals surface area (Å²) in [6, 6.07) is 158. The molecule has 0 saturated heterocycles. The summed E-state index contributed by atoms with van der Waals surface area (Å²) >= 11 is 7.45. The maximum atomic E-state index is 2.47. The monoisotopic (exact) mass is 1680 g/mol. The number of thiophene rings is 4. The van der Waals surface area contributed by atoms with E-state index in [2.05, 4.69) is 458 Å². The van der Waals surface area contributed by atoms with Crippen LogP contribution in [-0.2, 0) is 0 Å². The van der Waals surface area contributed by atoms with Crippen LogP contribution in [-0.4, -0.2) is 0 Å². The van der Waals surface area contributed by atoms with Crippen LogP contribution >= 0.6 is 45.3 Å². The molecule has 0 unspecified atom stereocenters. The number of anilines is 12. The van der Waals surface area contributed by atoms with Crippen LogP contribution in [0.15, 0.2) is 425 Å². The molecule has 22 aromatic carbocycles. The second kappa shape index (κ2) is 29.9. The van der Waals surface area contributed by atoms with Gasteiger partial charge in [-0.2, -0.15) is 0 Å². The number of nitrogens with zero attached hydrogens (tertiary/aromatic N) is 4. The van der Waals surface area contributed by atoms with E-state index in [1.165, 1.54) is 190 Å². The molecule has 0 aliphatic heterocycles. The first-order valence-corrected chi connectivity index (χ1v) is 46.2. The Balaban J connectivity index is 0.000000139. The number of rotatable bonds is 14. The average Bonchev–Trinajstić information content (AvgIpc) is 0.888. The molecule has 0 saturated carbocycles. The predicted octanol–water partition coefficient (Wildman–Crippen LogP) is 36.5.